The fourth-order valence-electron chi connectivity index (χ4n) is 2.60. The summed E-state index contributed by atoms with van der Waals surface area (Å²) >= 11 is 0. The maximum atomic E-state index is 12.5. The van der Waals surface area contributed by atoms with E-state index in [9.17, 15) is 18.0 Å². The number of hydrogen-bond donors (Lipinski definition) is 1. The average Bonchev–Trinajstić information content (AvgIpc) is 2.70. The van der Waals surface area contributed by atoms with E-state index in [1.54, 1.807) is 36.4 Å². The lowest BCUT2D eigenvalue weighted by Crippen LogP contribution is -2.33. The summed E-state index contributed by atoms with van der Waals surface area (Å²) in [7, 11) is -3.82. The first-order valence-electron chi connectivity index (χ1n) is 9.55. The van der Waals surface area contributed by atoms with E-state index in [1.807, 2.05) is 18.2 Å². The molecule has 0 aliphatic heterocycles. The quantitative estimate of drug-likeness (QED) is 0.511. The minimum absolute atomic E-state index is 0.0359. The van der Waals surface area contributed by atoms with Gasteiger partial charge in [0.1, 0.15) is 6.54 Å². The van der Waals surface area contributed by atoms with Gasteiger partial charge in [-0.2, -0.15) is 0 Å². The number of hydrogen-bond acceptors (Lipinski definition) is 5. The molecule has 0 bridgehead atoms. The van der Waals surface area contributed by atoms with Crippen LogP contribution < -0.4 is 4.72 Å². The topological polar surface area (TPSA) is 89.5 Å². The van der Waals surface area contributed by atoms with E-state index in [-0.39, 0.29) is 11.2 Å². The molecule has 0 fully saturated rings. The molecule has 0 spiro atoms. The van der Waals surface area contributed by atoms with Crippen molar-refractivity contribution in [2.75, 3.05) is 6.54 Å². The summed E-state index contributed by atoms with van der Waals surface area (Å²) in [6, 6.07) is 16.0. The van der Waals surface area contributed by atoms with Crippen molar-refractivity contribution in [1.82, 2.24) is 4.72 Å². The normalized spacial score (nSPS) is 13.2. The number of esters is 1. The lowest BCUT2D eigenvalue weighted by Gasteiger charge is -2.19. The molecule has 0 heterocycles. The summed E-state index contributed by atoms with van der Waals surface area (Å²) in [5.74, 6) is -1.19. The number of ether oxygens (including phenoxy) is 1. The molecule has 0 saturated heterocycles. The summed E-state index contributed by atoms with van der Waals surface area (Å²) in [4.78, 5) is 24.4. The lowest BCUT2D eigenvalue weighted by atomic mass is 9.86. The smallest absolute Gasteiger partial charge is 0.321 e. The number of benzene rings is 2. The van der Waals surface area contributed by atoms with Crippen molar-refractivity contribution in [3.05, 3.63) is 76.7 Å². The molecule has 7 heteroatoms. The molecule has 0 amide bonds. The van der Waals surface area contributed by atoms with E-state index in [2.05, 4.69) is 25.5 Å². The monoisotopic (exact) mass is 429 g/mol. The molecule has 0 aliphatic carbocycles. The number of carbonyl (C=O) groups is 2. The Morgan fingerprint density at radius 1 is 1.03 bits per heavy atom. The highest BCUT2D eigenvalue weighted by atomic mass is 32.2. The van der Waals surface area contributed by atoms with Gasteiger partial charge in [0.2, 0.25) is 15.8 Å². The summed E-state index contributed by atoms with van der Waals surface area (Å²) in [6.45, 7) is 7.11. The maximum absolute atomic E-state index is 12.5. The largest absolute Gasteiger partial charge is 0.453 e. The first-order valence-corrected chi connectivity index (χ1v) is 11.1. The lowest BCUT2D eigenvalue weighted by molar-refractivity contribution is -0.144. The summed E-state index contributed by atoms with van der Waals surface area (Å²) in [6.07, 6.45) is 0.392. The zero-order chi connectivity index (χ0) is 22.4. The Morgan fingerprint density at radius 3 is 2.20 bits per heavy atom. The van der Waals surface area contributed by atoms with Crippen molar-refractivity contribution in [1.29, 1.82) is 0 Å². The van der Waals surface area contributed by atoms with Crippen LogP contribution in [0.1, 0.15) is 49.2 Å². The van der Waals surface area contributed by atoms with E-state index in [4.69, 9.17) is 4.74 Å². The standard InChI is InChI=1S/C23H27NO5S/c1-17(22(26)19-10-12-20(13-11-19)23(2,3)4)29-21(25)16-24-30(27,28)15-14-18-8-6-5-7-9-18/h5-15,17,24H,16H2,1-4H3/b15-14+. The maximum Gasteiger partial charge on any atom is 0.321 e. The summed E-state index contributed by atoms with van der Waals surface area (Å²) in [5, 5.41) is 0.973. The van der Waals surface area contributed by atoms with Crippen LogP contribution in [0.25, 0.3) is 6.08 Å². The van der Waals surface area contributed by atoms with Crippen LogP contribution in [0.4, 0.5) is 0 Å². The molecular formula is C23H27NO5S. The zero-order valence-electron chi connectivity index (χ0n) is 17.6. The predicted octanol–water partition coefficient (Wildman–Crippen LogP) is 3.69. The Morgan fingerprint density at radius 2 is 1.63 bits per heavy atom. The first-order chi connectivity index (χ1) is 14.0. The van der Waals surface area contributed by atoms with Gasteiger partial charge in [-0.25, -0.2) is 13.1 Å². The van der Waals surface area contributed by atoms with Crippen LogP contribution in [0.3, 0.4) is 0 Å². The Kier molecular flexibility index (Phi) is 7.70. The molecule has 2 rings (SSSR count). The van der Waals surface area contributed by atoms with Gasteiger partial charge >= 0.3 is 5.97 Å². The number of Topliss-reactive ketones (excluding diaryl/α,β-unsaturated/α-hetero) is 1. The van der Waals surface area contributed by atoms with Gasteiger partial charge in [-0.1, -0.05) is 75.4 Å². The highest BCUT2D eigenvalue weighted by Crippen LogP contribution is 2.22. The van der Waals surface area contributed by atoms with Crippen molar-refractivity contribution in [2.45, 2.75) is 39.2 Å². The molecule has 0 radical (unpaired) electrons. The van der Waals surface area contributed by atoms with Gasteiger partial charge < -0.3 is 4.74 Å². The third-order valence-electron chi connectivity index (χ3n) is 4.37. The van der Waals surface area contributed by atoms with Crippen LogP contribution in [-0.4, -0.2) is 32.8 Å². The van der Waals surface area contributed by atoms with E-state index in [0.29, 0.717) is 11.1 Å². The molecule has 2 aromatic carbocycles. The van der Waals surface area contributed by atoms with E-state index >= 15 is 0 Å². The molecule has 0 aromatic heterocycles. The Balaban J connectivity index is 1.89. The highest BCUT2D eigenvalue weighted by Gasteiger charge is 2.21. The molecular weight excluding hydrogens is 402 g/mol. The molecule has 1 atom stereocenters. The highest BCUT2D eigenvalue weighted by molar-refractivity contribution is 7.92. The Bertz CT molecular complexity index is 1000. The summed E-state index contributed by atoms with van der Waals surface area (Å²) < 4.78 is 31.2. The fraction of sp³-hybridized carbons (Fsp3) is 0.304. The fourth-order valence-corrected chi connectivity index (χ4v) is 3.35. The van der Waals surface area contributed by atoms with Crippen LogP contribution in [0, 0.1) is 0 Å². The molecule has 2 aromatic rings. The molecule has 1 unspecified atom stereocenters. The zero-order valence-corrected chi connectivity index (χ0v) is 18.4. The second-order valence-electron chi connectivity index (χ2n) is 7.90. The van der Waals surface area contributed by atoms with Gasteiger partial charge in [0, 0.05) is 11.0 Å². The Labute approximate surface area is 178 Å². The predicted molar refractivity (Wildman–Crippen MR) is 117 cm³/mol. The van der Waals surface area contributed by atoms with Crippen molar-refractivity contribution in [3.63, 3.8) is 0 Å². The summed E-state index contributed by atoms with van der Waals surface area (Å²) in [5.41, 5.74) is 2.18. The van der Waals surface area contributed by atoms with Gasteiger partial charge in [-0.3, -0.25) is 9.59 Å². The van der Waals surface area contributed by atoms with Gasteiger partial charge in [0.25, 0.3) is 0 Å². The van der Waals surface area contributed by atoms with E-state index < -0.39 is 28.6 Å². The van der Waals surface area contributed by atoms with Crippen LogP contribution in [0.2, 0.25) is 0 Å². The molecule has 0 saturated carbocycles. The van der Waals surface area contributed by atoms with Gasteiger partial charge in [-0.05, 0) is 29.5 Å². The van der Waals surface area contributed by atoms with Gasteiger partial charge in [0.05, 0.1) is 0 Å². The molecule has 30 heavy (non-hydrogen) atoms. The number of sulfonamides is 1. The minimum atomic E-state index is -3.82. The SMILES string of the molecule is CC(OC(=O)CNS(=O)(=O)/C=C/c1ccccc1)C(=O)c1ccc(C(C)(C)C)cc1. The van der Waals surface area contributed by atoms with Crippen LogP contribution >= 0.6 is 0 Å². The van der Waals surface area contributed by atoms with Crippen LogP contribution in [-0.2, 0) is 25.0 Å². The van der Waals surface area contributed by atoms with Crippen LogP contribution in [0.5, 0.6) is 0 Å². The Hall–Kier alpha value is -2.77. The first kappa shape index (κ1) is 23.5. The van der Waals surface area contributed by atoms with Crippen molar-refractivity contribution in [2.24, 2.45) is 0 Å². The van der Waals surface area contributed by atoms with Gasteiger partial charge in [0.15, 0.2) is 6.10 Å². The molecule has 0 aliphatic rings. The average molecular weight is 430 g/mol. The van der Waals surface area contributed by atoms with Gasteiger partial charge in [-0.15, -0.1) is 0 Å². The van der Waals surface area contributed by atoms with E-state index in [0.717, 1.165) is 11.0 Å². The molecule has 6 nitrogen and oxygen atoms in total. The minimum Gasteiger partial charge on any atom is -0.453 e. The number of ketones is 1. The third-order valence-corrected chi connectivity index (χ3v) is 5.41. The van der Waals surface area contributed by atoms with Crippen LogP contribution in [0.15, 0.2) is 60.0 Å². The van der Waals surface area contributed by atoms with Crippen molar-refractivity contribution in [3.8, 4) is 0 Å². The second kappa shape index (κ2) is 9.82. The van der Waals surface area contributed by atoms with Crippen molar-refractivity contribution < 1.29 is 22.7 Å². The van der Waals surface area contributed by atoms with E-state index in [1.165, 1.54) is 13.0 Å². The second-order valence-corrected chi connectivity index (χ2v) is 9.55. The number of nitrogens with one attached hydrogen (secondary N) is 1. The number of rotatable bonds is 8. The third kappa shape index (κ3) is 7.24. The van der Waals surface area contributed by atoms with Crippen molar-refractivity contribution >= 4 is 27.9 Å². The number of carbonyl (C=O) groups excluding carboxylic acids is 2. The molecule has 1 N–H and O–H groups in total. The molecule has 160 valence electrons.